The lowest BCUT2D eigenvalue weighted by molar-refractivity contribution is 0.632. The second-order valence-corrected chi connectivity index (χ2v) is 2.27. The van der Waals surface area contributed by atoms with E-state index in [2.05, 4.69) is 11.4 Å². The quantitative estimate of drug-likeness (QED) is 0.503. The number of halogens is 2. The van der Waals surface area contributed by atoms with Crippen molar-refractivity contribution in [3.8, 4) is 12.5 Å². The van der Waals surface area contributed by atoms with Crippen LogP contribution in [0.3, 0.4) is 0 Å². The zero-order chi connectivity index (χ0) is 8.27. The van der Waals surface area contributed by atoms with Gasteiger partial charge in [0, 0.05) is 6.04 Å². The molecule has 0 aromatic heterocycles. The Morgan fingerprint density at radius 3 is 2.82 bits per heavy atom. The first-order chi connectivity index (χ1) is 5.25. The van der Waals surface area contributed by atoms with Crippen molar-refractivity contribution in [2.45, 2.75) is 0 Å². The van der Waals surface area contributed by atoms with E-state index in [-0.39, 0.29) is 10.7 Å². The van der Waals surface area contributed by atoms with Gasteiger partial charge in [0.05, 0.1) is 5.02 Å². The Kier molecular flexibility index (Phi) is 2.35. The molecule has 1 aromatic rings. The predicted octanol–water partition coefficient (Wildman–Crippen LogP) is 2.48. The van der Waals surface area contributed by atoms with Crippen molar-refractivity contribution >= 4 is 17.3 Å². The molecule has 11 heavy (non-hydrogen) atoms. The molecule has 0 aliphatic rings. The molecular formula is C8H5ClFN. The standard InChI is InChI=1S/C8H5ClFN/c1-2-11-8-6(9)4-3-5-7(8)10/h1,3-5,11H. The van der Waals surface area contributed by atoms with Gasteiger partial charge in [-0.2, -0.15) is 0 Å². The van der Waals surface area contributed by atoms with E-state index in [1.807, 2.05) is 0 Å². The number of rotatable bonds is 1. The summed E-state index contributed by atoms with van der Waals surface area (Å²) >= 11 is 5.61. The number of terminal acetylenes is 1. The van der Waals surface area contributed by atoms with E-state index in [1.165, 1.54) is 12.1 Å². The Morgan fingerprint density at radius 1 is 1.55 bits per heavy atom. The van der Waals surface area contributed by atoms with Crippen LogP contribution in [-0.4, -0.2) is 0 Å². The number of nitrogens with one attached hydrogen (secondary N) is 1. The lowest BCUT2D eigenvalue weighted by atomic mass is 10.3. The summed E-state index contributed by atoms with van der Waals surface area (Å²) in [4.78, 5) is 0. The topological polar surface area (TPSA) is 12.0 Å². The lowest BCUT2D eigenvalue weighted by Gasteiger charge is -2.01. The van der Waals surface area contributed by atoms with E-state index in [4.69, 9.17) is 18.0 Å². The summed E-state index contributed by atoms with van der Waals surface area (Å²) in [5.74, 6) is -0.449. The Morgan fingerprint density at radius 2 is 2.27 bits per heavy atom. The van der Waals surface area contributed by atoms with Gasteiger partial charge in [0.15, 0.2) is 0 Å². The first-order valence-electron chi connectivity index (χ1n) is 2.91. The maximum atomic E-state index is 12.8. The molecular weight excluding hydrogens is 165 g/mol. The highest BCUT2D eigenvalue weighted by atomic mass is 35.5. The molecule has 0 fully saturated rings. The average molecular weight is 170 g/mol. The number of benzene rings is 1. The smallest absolute Gasteiger partial charge is 0.148 e. The third kappa shape index (κ3) is 1.63. The monoisotopic (exact) mass is 169 g/mol. The molecule has 1 N–H and O–H groups in total. The van der Waals surface area contributed by atoms with E-state index in [1.54, 1.807) is 6.07 Å². The van der Waals surface area contributed by atoms with E-state index >= 15 is 0 Å². The molecule has 0 radical (unpaired) electrons. The fourth-order valence-electron chi connectivity index (χ4n) is 0.689. The first-order valence-corrected chi connectivity index (χ1v) is 3.29. The van der Waals surface area contributed by atoms with Crippen molar-refractivity contribution in [2.24, 2.45) is 0 Å². The predicted molar refractivity (Wildman–Crippen MR) is 43.9 cm³/mol. The van der Waals surface area contributed by atoms with Gasteiger partial charge >= 0.3 is 0 Å². The molecule has 56 valence electrons. The lowest BCUT2D eigenvalue weighted by Crippen LogP contribution is -1.91. The Bertz CT molecular complexity index is 283. The molecule has 1 nitrogen and oxygen atoms in total. The normalized spacial score (nSPS) is 8.82. The van der Waals surface area contributed by atoms with Crippen LogP contribution < -0.4 is 5.32 Å². The molecule has 0 aliphatic carbocycles. The minimum atomic E-state index is -0.449. The van der Waals surface area contributed by atoms with Crippen LogP contribution in [0.2, 0.25) is 5.02 Å². The van der Waals surface area contributed by atoms with E-state index in [0.29, 0.717) is 0 Å². The molecule has 0 spiro atoms. The highest BCUT2D eigenvalue weighted by molar-refractivity contribution is 6.33. The third-order valence-corrected chi connectivity index (χ3v) is 1.47. The third-order valence-electron chi connectivity index (χ3n) is 1.16. The Hall–Kier alpha value is -1.20. The summed E-state index contributed by atoms with van der Waals surface area (Å²) in [6.07, 6.45) is 4.91. The van der Waals surface area contributed by atoms with Crippen LogP contribution in [0, 0.1) is 18.3 Å². The van der Waals surface area contributed by atoms with Gasteiger partial charge in [-0.15, -0.1) is 0 Å². The van der Waals surface area contributed by atoms with Crippen LogP contribution in [0.15, 0.2) is 18.2 Å². The average Bonchev–Trinajstić information content (AvgIpc) is 1.97. The molecule has 0 saturated heterocycles. The molecule has 0 saturated carbocycles. The van der Waals surface area contributed by atoms with E-state index in [0.717, 1.165) is 0 Å². The number of para-hydroxylation sites is 1. The van der Waals surface area contributed by atoms with Crippen LogP contribution in [0.5, 0.6) is 0 Å². The van der Waals surface area contributed by atoms with Gasteiger partial charge in [-0.05, 0) is 12.1 Å². The minimum Gasteiger partial charge on any atom is -0.311 e. The molecule has 0 heterocycles. The fourth-order valence-corrected chi connectivity index (χ4v) is 0.900. The number of anilines is 1. The van der Waals surface area contributed by atoms with E-state index in [9.17, 15) is 4.39 Å². The van der Waals surface area contributed by atoms with Crippen LogP contribution in [0.1, 0.15) is 0 Å². The van der Waals surface area contributed by atoms with Crippen molar-refractivity contribution in [3.05, 3.63) is 29.0 Å². The van der Waals surface area contributed by atoms with Gasteiger partial charge < -0.3 is 5.32 Å². The van der Waals surface area contributed by atoms with Crippen molar-refractivity contribution in [1.82, 2.24) is 0 Å². The molecule has 1 rings (SSSR count). The second kappa shape index (κ2) is 3.27. The van der Waals surface area contributed by atoms with Crippen LogP contribution in [0.25, 0.3) is 0 Å². The van der Waals surface area contributed by atoms with Crippen LogP contribution in [0.4, 0.5) is 10.1 Å². The van der Waals surface area contributed by atoms with Gasteiger partial charge in [-0.1, -0.05) is 24.1 Å². The molecule has 0 aliphatic heterocycles. The van der Waals surface area contributed by atoms with Gasteiger partial charge in [-0.25, -0.2) is 4.39 Å². The van der Waals surface area contributed by atoms with E-state index < -0.39 is 5.82 Å². The van der Waals surface area contributed by atoms with Crippen LogP contribution in [-0.2, 0) is 0 Å². The van der Waals surface area contributed by atoms with Crippen molar-refractivity contribution < 1.29 is 4.39 Å². The maximum absolute atomic E-state index is 12.8. The zero-order valence-electron chi connectivity index (χ0n) is 5.57. The molecule has 0 atom stereocenters. The molecule has 0 bridgehead atoms. The maximum Gasteiger partial charge on any atom is 0.148 e. The van der Waals surface area contributed by atoms with Gasteiger partial charge in [0.2, 0.25) is 0 Å². The van der Waals surface area contributed by atoms with Gasteiger partial charge in [0.25, 0.3) is 0 Å². The van der Waals surface area contributed by atoms with Crippen molar-refractivity contribution in [3.63, 3.8) is 0 Å². The highest BCUT2D eigenvalue weighted by Crippen LogP contribution is 2.23. The summed E-state index contributed by atoms with van der Waals surface area (Å²) in [7, 11) is 0. The number of hydrogen-bond acceptors (Lipinski definition) is 1. The molecule has 3 heteroatoms. The molecule has 1 aromatic carbocycles. The zero-order valence-corrected chi connectivity index (χ0v) is 6.32. The van der Waals surface area contributed by atoms with Crippen molar-refractivity contribution in [2.75, 3.05) is 5.32 Å². The number of hydrogen-bond donors (Lipinski definition) is 1. The molecule has 0 amide bonds. The van der Waals surface area contributed by atoms with Gasteiger partial charge in [-0.3, -0.25) is 0 Å². The first kappa shape index (κ1) is 7.90. The second-order valence-electron chi connectivity index (χ2n) is 1.87. The van der Waals surface area contributed by atoms with Gasteiger partial charge in [0.1, 0.15) is 11.5 Å². The summed E-state index contributed by atoms with van der Waals surface area (Å²) < 4.78 is 12.8. The van der Waals surface area contributed by atoms with Crippen molar-refractivity contribution in [1.29, 1.82) is 0 Å². The Balaban J connectivity index is 3.12. The van der Waals surface area contributed by atoms with Crippen LogP contribution >= 0.6 is 11.6 Å². The fraction of sp³-hybridized carbons (Fsp3) is 0. The summed E-state index contributed by atoms with van der Waals surface area (Å²) in [5.41, 5.74) is 0.150. The Labute approximate surface area is 69.2 Å². The highest BCUT2D eigenvalue weighted by Gasteiger charge is 2.03. The summed E-state index contributed by atoms with van der Waals surface area (Å²) in [6, 6.07) is 6.45. The molecule has 0 unspecified atom stereocenters. The minimum absolute atomic E-state index is 0.150. The SMILES string of the molecule is C#CNc1c(F)cccc1Cl. The summed E-state index contributed by atoms with van der Waals surface area (Å²) in [5, 5.41) is 2.65. The largest absolute Gasteiger partial charge is 0.311 e. The summed E-state index contributed by atoms with van der Waals surface area (Å²) in [6.45, 7) is 0.